The van der Waals surface area contributed by atoms with Crippen molar-refractivity contribution in [3.8, 4) is 0 Å². The number of rotatable bonds is 7. The highest BCUT2D eigenvalue weighted by molar-refractivity contribution is 5.87. The number of carbonyl (C=O) groups is 1. The van der Waals surface area contributed by atoms with Crippen molar-refractivity contribution >= 4 is 5.97 Å². The van der Waals surface area contributed by atoms with Crippen LogP contribution in [0.4, 0.5) is 0 Å². The van der Waals surface area contributed by atoms with Crippen molar-refractivity contribution < 1.29 is 49.3 Å². The molecule has 0 aliphatic carbocycles. The Morgan fingerprint density at radius 1 is 1.06 bits per heavy atom. The van der Waals surface area contributed by atoms with Crippen molar-refractivity contribution in [1.29, 1.82) is 0 Å². The molecule has 2 aliphatic rings. The van der Waals surface area contributed by atoms with Crippen LogP contribution in [0.1, 0.15) is 74.7 Å². The highest BCUT2D eigenvalue weighted by atomic mass is 16.6. The highest BCUT2D eigenvalue weighted by Gasteiger charge is 2.50. The third-order valence-corrected chi connectivity index (χ3v) is 9.85. The number of allylic oxidation sites excluding steroid dienone is 6. The van der Waals surface area contributed by atoms with Gasteiger partial charge in [-0.2, -0.15) is 0 Å². The first-order valence-corrected chi connectivity index (χ1v) is 16.8. The van der Waals surface area contributed by atoms with Crippen LogP contribution in [0.5, 0.6) is 0 Å². The summed E-state index contributed by atoms with van der Waals surface area (Å²) >= 11 is 0. The van der Waals surface area contributed by atoms with Gasteiger partial charge in [-0.1, -0.05) is 82.2 Å². The zero-order chi connectivity index (χ0) is 35.6. The fourth-order valence-electron chi connectivity index (χ4n) is 6.40. The van der Waals surface area contributed by atoms with Crippen molar-refractivity contribution in [2.75, 3.05) is 14.2 Å². The van der Waals surface area contributed by atoms with Gasteiger partial charge in [-0.05, 0) is 39.2 Å². The standard InChI is InChI=1S/C37H60O10/c1-11-13-31-25(6)30(40)20-37(43,47-31)27(8)34(41)26(7)35-32(44-9)15-12-14-21(2)16-23(4)28(38)19-29(39)24(5)17-22(3)18-33(45-10)36(42)46-35/h11-15,17-18,23-32,34-35,38-41,43H,16,19-20H2,1-10H3/b13-11+,15-12+,21-14+,22-17+,33-18-/t23-,24-,25+,26+,27+,28-,29+,30-,31-,32+,34-,35-,37-/m1/s1. The number of methoxy groups -OCH3 is 2. The molecule has 0 aromatic heterocycles. The number of aliphatic hydroxyl groups excluding tert-OH is 4. The Hall–Kier alpha value is -2.31. The molecular formula is C37H60O10. The molecule has 10 nitrogen and oxygen atoms in total. The van der Waals surface area contributed by atoms with Crippen molar-refractivity contribution in [1.82, 2.24) is 0 Å². The molecule has 0 amide bonds. The monoisotopic (exact) mass is 664 g/mol. The van der Waals surface area contributed by atoms with Crippen LogP contribution in [0.25, 0.3) is 0 Å². The topological polar surface area (TPSA) is 155 Å². The minimum absolute atomic E-state index is 0.0925. The molecule has 0 spiro atoms. The maximum absolute atomic E-state index is 13.6. The van der Waals surface area contributed by atoms with Crippen LogP contribution >= 0.6 is 0 Å². The minimum atomic E-state index is -1.86. The molecule has 0 aromatic carbocycles. The summed E-state index contributed by atoms with van der Waals surface area (Å²) in [5.74, 6) is -5.10. The fourth-order valence-corrected chi connectivity index (χ4v) is 6.40. The van der Waals surface area contributed by atoms with E-state index in [0.29, 0.717) is 12.0 Å². The van der Waals surface area contributed by atoms with E-state index < -0.39 is 66.3 Å². The molecule has 2 rings (SSSR count). The molecule has 13 atom stereocenters. The lowest BCUT2D eigenvalue weighted by Gasteiger charge is -2.47. The molecule has 1 saturated heterocycles. The summed E-state index contributed by atoms with van der Waals surface area (Å²) in [4.78, 5) is 13.6. The molecule has 2 heterocycles. The Labute approximate surface area is 281 Å². The first-order chi connectivity index (χ1) is 22.0. The zero-order valence-electron chi connectivity index (χ0n) is 29.9. The summed E-state index contributed by atoms with van der Waals surface area (Å²) in [6.07, 6.45) is 6.93. The number of ether oxygens (including phenoxy) is 4. The van der Waals surface area contributed by atoms with Gasteiger partial charge in [-0.25, -0.2) is 4.79 Å². The molecule has 268 valence electrons. The molecule has 5 N–H and O–H groups in total. The van der Waals surface area contributed by atoms with Crippen molar-refractivity contribution in [3.05, 3.63) is 59.4 Å². The van der Waals surface area contributed by atoms with E-state index >= 15 is 0 Å². The second kappa shape index (κ2) is 18.5. The van der Waals surface area contributed by atoms with E-state index in [4.69, 9.17) is 18.9 Å². The number of hydrogen-bond acceptors (Lipinski definition) is 10. The van der Waals surface area contributed by atoms with E-state index in [2.05, 4.69) is 0 Å². The van der Waals surface area contributed by atoms with Gasteiger partial charge in [0.1, 0.15) is 12.2 Å². The van der Waals surface area contributed by atoms with Crippen LogP contribution in [0, 0.1) is 29.6 Å². The summed E-state index contributed by atoms with van der Waals surface area (Å²) < 4.78 is 23.3. The largest absolute Gasteiger partial charge is 0.490 e. The third kappa shape index (κ3) is 11.1. The Kier molecular flexibility index (Phi) is 16.0. The average Bonchev–Trinajstić information content (AvgIpc) is 3.01. The molecule has 2 aliphatic heterocycles. The highest BCUT2D eigenvalue weighted by Crippen LogP contribution is 2.40. The van der Waals surface area contributed by atoms with E-state index in [9.17, 15) is 30.3 Å². The quantitative estimate of drug-likeness (QED) is 0.196. The van der Waals surface area contributed by atoms with E-state index in [1.54, 1.807) is 51.2 Å². The third-order valence-electron chi connectivity index (χ3n) is 9.85. The summed E-state index contributed by atoms with van der Waals surface area (Å²) in [6, 6.07) is 0. The summed E-state index contributed by atoms with van der Waals surface area (Å²) in [7, 11) is 2.83. The number of carbonyl (C=O) groups excluding carboxylic acids is 1. The Balaban J connectivity index is 2.55. The minimum Gasteiger partial charge on any atom is -0.490 e. The first-order valence-electron chi connectivity index (χ1n) is 16.8. The Bertz CT molecular complexity index is 1160. The van der Waals surface area contributed by atoms with E-state index in [0.717, 1.165) is 5.57 Å². The lowest BCUT2D eigenvalue weighted by atomic mass is 9.77. The van der Waals surface area contributed by atoms with Crippen LogP contribution in [-0.2, 0) is 23.7 Å². The van der Waals surface area contributed by atoms with Gasteiger partial charge >= 0.3 is 5.97 Å². The SMILES string of the molecule is C/C=C/[C@H]1O[C@@](O)([C@@H](C)[C@H](O)[C@H](C)[C@H]2OC(=O)/C(OC)=C/C(C)=C/[C@@H](C)[C@@H](O)C[C@@H](O)[C@H](C)C/C(C)=C/C=C/[C@@H]2OC)C[C@@H](O)[C@@H]1C. The molecule has 0 saturated carbocycles. The van der Waals surface area contributed by atoms with Crippen LogP contribution in [0.2, 0.25) is 0 Å². The molecular weight excluding hydrogens is 604 g/mol. The van der Waals surface area contributed by atoms with Gasteiger partial charge in [0, 0.05) is 43.6 Å². The fraction of sp³-hybridized carbons (Fsp3) is 0.703. The second-order valence-corrected chi connectivity index (χ2v) is 13.7. The molecule has 0 radical (unpaired) electrons. The number of aliphatic hydroxyl groups is 5. The molecule has 1 fully saturated rings. The number of cyclic esters (lactones) is 1. The smallest absolute Gasteiger partial charge is 0.373 e. The van der Waals surface area contributed by atoms with Gasteiger partial charge in [-0.3, -0.25) is 0 Å². The van der Waals surface area contributed by atoms with Crippen LogP contribution < -0.4 is 0 Å². The van der Waals surface area contributed by atoms with Gasteiger partial charge in [0.25, 0.3) is 0 Å². The van der Waals surface area contributed by atoms with Crippen molar-refractivity contribution in [2.24, 2.45) is 29.6 Å². The Morgan fingerprint density at radius 3 is 2.32 bits per heavy atom. The van der Waals surface area contributed by atoms with E-state index in [1.807, 2.05) is 40.7 Å². The predicted molar refractivity (Wildman–Crippen MR) is 181 cm³/mol. The molecule has 47 heavy (non-hydrogen) atoms. The average molecular weight is 665 g/mol. The van der Waals surface area contributed by atoms with E-state index in [-0.39, 0.29) is 36.4 Å². The van der Waals surface area contributed by atoms with Crippen molar-refractivity contribution in [3.63, 3.8) is 0 Å². The summed E-state index contributed by atoms with van der Waals surface area (Å²) in [5.41, 5.74) is 1.64. The molecule has 0 bridgehead atoms. The van der Waals surface area contributed by atoms with Gasteiger partial charge in [0.2, 0.25) is 5.76 Å². The maximum Gasteiger partial charge on any atom is 0.373 e. The van der Waals surface area contributed by atoms with Crippen molar-refractivity contribution in [2.45, 2.75) is 123 Å². The predicted octanol–water partition coefficient (Wildman–Crippen LogP) is 4.36. The van der Waals surface area contributed by atoms with Gasteiger partial charge in [-0.15, -0.1) is 0 Å². The number of esters is 1. The van der Waals surface area contributed by atoms with Gasteiger partial charge < -0.3 is 44.5 Å². The molecule has 0 unspecified atom stereocenters. The zero-order valence-corrected chi connectivity index (χ0v) is 29.9. The lowest BCUT2D eigenvalue weighted by molar-refractivity contribution is -0.313. The Morgan fingerprint density at radius 2 is 1.72 bits per heavy atom. The lowest BCUT2D eigenvalue weighted by Crippen LogP contribution is -2.58. The first kappa shape index (κ1) is 40.9. The molecule has 0 aromatic rings. The van der Waals surface area contributed by atoms with Crippen LogP contribution in [-0.4, -0.2) is 94.2 Å². The summed E-state index contributed by atoms with van der Waals surface area (Å²) in [5, 5.41) is 55.7. The maximum atomic E-state index is 13.6. The normalized spacial score (nSPS) is 41.5. The van der Waals surface area contributed by atoms with Crippen LogP contribution in [0.15, 0.2) is 59.4 Å². The van der Waals surface area contributed by atoms with Gasteiger partial charge in [0.05, 0.1) is 37.6 Å². The van der Waals surface area contributed by atoms with E-state index in [1.165, 1.54) is 20.3 Å². The van der Waals surface area contributed by atoms with Gasteiger partial charge in [0.15, 0.2) is 5.79 Å². The molecule has 10 heteroatoms. The van der Waals surface area contributed by atoms with Crippen LogP contribution in [0.3, 0.4) is 0 Å². The second-order valence-electron chi connectivity index (χ2n) is 13.7. The number of hydrogen-bond donors (Lipinski definition) is 5. The summed E-state index contributed by atoms with van der Waals surface area (Å²) in [6.45, 7) is 14.5.